The van der Waals surface area contributed by atoms with Gasteiger partial charge in [-0.3, -0.25) is 0 Å². The molecular formula is C10H11BO3. The van der Waals surface area contributed by atoms with E-state index < -0.39 is 0 Å². The third kappa shape index (κ3) is 2.80. The molecule has 2 radical (unpaired) electrons. The molecule has 0 saturated heterocycles. The summed E-state index contributed by atoms with van der Waals surface area (Å²) < 4.78 is 9.80. The zero-order valence-electron chi connectivity index (χ0n) is 8.03. The molecule has 0 aliphatic heterocycles. The minimum Gasteiger partial charge on any atom is -0.494 e. The van der Waals surface area contributed by atoms with Crippen molar-refractivity contribution in [2.24, 2.45) is 0 Å². The first-order chi connectivity index (χ1) is 6.77. The molecule has 0 spiro atoms. The highest BCUT2D eigenvalue weighted by Gasteiger charge is 2.03. The maximum absolute atomic E-state index is 11.1. The van der Waals surface area contributed by atoms with Crippen LogP contribution in [0.15, 0.2) is 24.3 Å². The van der Waals surface area contributed by atoms with Gasteiger partial charge in [-0.25, -0.2) is 4.79 Å². The quantitative estimate of drug-likeness (QED) is 0.532. The van der Waals surface area contributed by atoms with Crippen LogP contribution in [0.4, 0.5) is 0 Å². The van der Waals surface area contributed by atoms with Crippen molar-refractivity contribution in [3.8, 4) is 5.75 Å². The van der Waals surface area contributed by atoms with E-state index in [-0.39, 0.29) is 5.97 Å². The molecule has 0 N–H and O–H groups in total. The normalized spacial score (nSPS) is 9.50. The van der Waals surface area contributed by atoms with Crippen LogP contribution in [0, 0.1) is 0 Å². The molecule has 0 aromatic heterocycles. The molecule has 1 rings (SSSR count). The number of carbonyl (C=O) groups is 1. The van der Waals surface area contributed by atoms with Gasteiger partial charge < -0.3 is 9.47 Å². The van der Waals surface area contributed by atoms with Gasteiger partial charge in [0.05, 0.1) is 27.1 Å². The largest absolute Gasteiger partial charge is 0.494 e. The third-order valence-corrected chi connectivity index (χ3v) is 1.66. The molecule has 0 fully saturated rings. The van der Waals surface area contributed by atoms with Crippen LogP contribution in [0.2, 0.25) is 6.32 Å². The predicted octanol–water partition coefficient (Wildman–Crippen LogP) is 1.44. The van der Waals surface area contributed by atoms with E-state index in [4.69, 9.17) is 12.6 Å². The molecule has 0 amide bonds. The van der Waals surface area contributed by atoms with Crippen LogP contribution in [-0.4, -0.2) is 27.5 Å². The molecule has 0 atom stereocenters. The van der Waals surface area contributed by atoms with E-state index in [1.165, 1.54) is 7.11 Å². The van der Waals surface area contributed by atoms with Crippen LogP contribution in [0.25, 0.3) is 0 Å². The van der Waals surface area contributed by atoms with E-state index in [1.807, 2.05) is 0 Å². The summed E-state index contributed by atoms with van der Waals surface area (Å²) in [5.41, 5.74) is 0.507. The molecule has 0 bridgehead atoms. The molecule has 0 aliphatic rings. The molecule has 3 nitrogen and oxygen atoms in total. The fourth-order valence-electron chi connectivity index (χ4n) is 0.982. The Hall–Kier alpha value is -1.45. The van der Waals surface area contributed by atoms with Gasteiger partial charge in [-0.1, -0.05) is 6.32 Å². The minimum absolute atomic E-state index is 0.352. The van der Waals surface area contributed by atoms with Crippen LogP contribution in [0.1, 0.15) is 10.4 Å². The lowest BCUT2D eigenvalue weighted by Crippen LogP contribution is -2.01. The molecule has 0 unspecified atom stereocenters. The van der Waals surface area contributed by atoms with Crippen molar-refractivity contribution >= 4 is 13.8 Å². The molecule has 1 aromatic carbocycles. The summed E-state index contributed by atoms with van der Waals surface area (Å²) in [5.74, 6) is 0.346. The van der Waals surface area contributed by atoms with Gasteiger partial charge >= 0.3 is 5.97 Å². The number of rotatable bonds is 4. The van der Waals surface area contributed by atoms with Crippen LogP contribution < -0.4 is 4.74 Å². The Labute approximate surface area is 84.4 Å². The van der Waals surface area contributed by atoms with Gasteiger partial charge in [-0.15, -0.1) is 0 Å². The predicted molar refractivity (Wildman–Crippen MR) is 53.8 cm³/mol. The van der Waals surface area contributed by atoms with Crippen LogP contribution in [0.5, 0.6) is 5.75 Å². The number of benzene rings is 1. The maximum atomic E-state index is 11.1. The first-order valence-corrected chi connectivity index (χ1v) is 4.29. The zero-order chi connectivity index (χ0) is 10.4. The van der Waals surface area contributed by atoms with Crippen LogP contribution in [0.3, 0.4) is 0 Å². The first-order valence-electron chi connectivity index (χ1n) is 4.29. The Morgan fingerprint density at radius 3 is 2.50 bits per heavy atom. The summed E-state index contributed by atoms with van der Waals surface area (Å²) in [5, 5.41) is 0. The number of hydrogen-bond donors (Lipinski definition) is 0. The van der Waals surface area contributed by atoms with E-state index in [0.717, 1.165) is 0 Å². The standard InChI is InChI=1S/C10H11BO3/c1-13-10(12)8-2-4-9(5-3-8)14-7-6-11/h2-5H,6-7H2,1H3. The fourth-order valence-corrected chi connectivity index (χ4v) is 0.982. The van der Waals surface area contributed by atoms with E-state index in [1.54, 1.807) is 24.3 Å². The molecule has 0 saturated carbocycles. The SMILES string of the molecule is [B]CCOc1ccc(C(=O)OC)cc1. The number of carbonyl (C=O) groups excluding carboxylic acids is 1. The number of hydrogen-bond acceptors (Lipinski definition) is 3. The lowest BCUT2D eigenvalue weighted by Gasteiger charge is -2.04. The highest BCUT2D eigenvalue weighted by Crippen LogP contribution is 2.12. The molecule has 1 aromatic rings. The average Bonchev–Trinajstić information content (AvgIpc) is 2.26. The second-order valence-electron chi connectivity index (χ2n) is 2.65. The van der Waals surface area contributed by atoms with Gasteiger partial charge in [-0.05, 0) is 24.3 Å². The summed E-state index contributed by atoms with van der Waals surface area (Å²) in [6.07, 6.45) is 0.471. The number of methoxy groups -OCH3 is 1. The monoisotopic (exact) mass is 190 g/mol. The first kappa shape index (κ1) is 10.6. The van der Waals surface area contributed by atoms with E-state index in [2.05, 4.69) is 4.74 Å². The van der Waals surface area contributed by atoms with Crippen molar-refractivity contribution in [1.82, 2.24) is 0 Å². The molecule has 4 heteroatoms. The van der Waals surface area contributed by atoms with Crippen molar-refractivity contribution < 1.29 is 14.3 Å². The van der Waals surface area contributed by atoms with Crippen molar-refractivity contribution in [2.75, 3.05) is 13.7 Å². The Bertz CT molecular complexity index is 295. The topological polar surface area (TPSA) is 35.5 Å². The minimum atomic E-state index is -0.352. The summed E-state index contributed by atoms with van der Waals surface area (Å²) in [6.45, 7) is 0.470. The van der Waals surface area contributed by atoms with Crippen LogP contribution in [-0.2, 0) is 4.74 Å². The maximum Gasteiger partial charge on any atom is 0.337 e. The van der Waals surface area contributed by atoms with Gasteiger partial charge in [-0.2, -0.15) is 0 Å². The molecule has 14 heavy (non-hydrogen) atoms. The Balaban J connectivity index is 2.63. The summed E-state index contributed by atoms with van der Waals surface area (Å²) in [7, 11) is 6.63. The van der Waals surface area contributed by atoms with Crippen LogP contribution >= 0.6 is 0 Å². The Morgan fingerprint density at radius 2 is 2.00 bits per heavy atom. The molecule has 0 aliphatic carbocycles. The van der Waals surface area contributed by atoms with Gasteiger partial charge in [0.2, 0.25) is 0 Å². The second kappa shape index (κ2) is 5.32. The van der Waals surface area contributed by atoms with Gasteiger partial charge in [0.15, 0.2) is 0 Å². The highest BCUT2D eigenvalue weighted by molar-refractivity contribution is 6.08. The zero-order valence-corrected chi connectivity index (χ0v) is 8.03. The van der Waals surface area contributed by atoms with Gasteiger partial charge in [0, 0.05) is 0 Å². The third-order valence-electron chi connectivity index (χ3n) is 1.66. The second-order valence-corrected chi connectivity index (χ2v) is 2.65. The van der Waals surface area contributed by atoms with Gasteiger partial charge in [0.25, 0.3) is 0 Å². The van der Waals surface area contributed by atoms with E-state index in [9.17, 15) is 4.79 Å². The van der Waals surface area contributed by atoms with E-state index >= 15 is 0 Å². The number of esters is 1. The number of ether oxygens (including phenoxy) is 2. The Kier molecular flexibility index (Phi) is 4.04. The summed E-state index contributed by atoms with van der Waals surface area (Å²) in [6, 6.07) is 6.72. The summed E-state index contributed by atoms with van der Waals surface area (Å²) >= 11 is 0. The average molecular weight is 190 g/mol. The lowest BCUT2D eigenvalue weighted by atomic mass is 10.1. The lowest BCUT2D eigenvalue weighted by molar-refractivity contribution is 0.0600. The fraction of sp³-hybridized carbons (Fsp3) is 0.300. The van der Waals surface area contributed by atoms with Crippen molar-refractivity contribution in [1.29, 1.82) is 0 Å². The molecule has 0 heterocycles. The Morgan fingerprint density at radius 1 is 1.36 bits per heavy atom. The van der Waals surface area contributed by atoms with Crippen molar-refractivity contribution in [3.63, 3.8) is 0 Å². The smallest absolute Gasteiger partial charge is 0.337 e. The molecular weight excluding hydrogens is 179 g/mol. The highest BCUT2D eigenvalue weighted by atomic mass is 16.5. The summed E-state index contributed by atoms with van der Waals surface area (Å²) in [4.78, 5) is 11.1. The van der Waals surface area contributed by atoms with Crippen molar-refractivity contribution in [3.05, 3.63) is 29.8 Å². The van der Waals surface area contributed by atoms with E-state index in [0.29, 0.717) is 24.2 Å². The van der Waals surface area contributed by atoms with Crippen molar-refractivity contribution in [2.45, 2.75) is 6.32 Å². The van der Waals surface area contributed by atoms with Gasteiger partial charge in [0.1, 0.15) is 5.75 Å². The molecule has 72 valence electrons.